The predicted molar refractivity (Wildman–Crippen MR) is 98.1 cm³/mol. The zero-order valence-corrected chi connectivity index (χ0v) is 15.4. The SMILES string of the molecule is COC(=O)/C=C(C)/C=C\C=C(C)\C=C\C1=C(C)CCCC1(C)C. The molecule has 0 N–H and O–H groups in total. The standard InChI is InChI=1S/C21H30O2/c1-16(9-7-10-17(2)15-20(22)23-6)12-13-19-18(3)11-8-14-21(19,4)5/h7,9-10,12-13,15H,8,11,14H2,1-6H3/b10-7-,13-12+,16-9+,17-15+. The van der Waals surface area contributed by atoms with Crippen molar-refractivity contribution >= 4 is 5.97 Å². The van der Waals surface area contributed by atoms with Gasteiger partial charge in [0.05, 0.1) is 7.11 Å². The highest BCUT2D eigenvalue weighted by Crippen LogP contribution is 2.40. The van der Waals surface area contributed by atoms with E-state index in [0.29, 0.717) is 0 Å². The monoisotopic (exact) mass is 314 g/mol. The molecule has 0 aromatic heterocycles. The van der Waals surface area contributed by atoms with Crippen LogP contribution in [0.1, 0.15) is 53.9 Å². The van der Waals surface area contributed by atoms with Crippen LogP contribution in [0.5, 0.6) is 0 Å². The maximum atomic E-state index is 11.1. The average Bonchev–Trinajstić information content (AvgIpc) is 2.45. The van der Waals surface area contributed by atoms with E-state index >= 15 is 0 Å². The minimum atomic E-state index is -0.324. The fraction of sp³-hybridized carbons (Fsp3) is 0.476. The lowest BCUT2D eigenvalue weighted by Gasteiger charge is -2.32. The van der Waals surface area contributed by atoms with Gasteiger partial charge < -0.3 is 4.74 Å². The number of ether oxygens (including phenoxy) is 1. The Bertz CT molecular complexity index is 581. The van der Waals surface area contributed by atoms with E-state index in [4.69, 9.17) is 0 Å². The molecular formula is C21H30O2. The normalized spacial score (nSPS) is 19.7. The van der Waals surface area contributed by atoms with Crippen molar-refractivity contribution < 1.29 is 9.53 Å². The number of allylic oxidation sites excluding steroid dienone is 9. The summed E-state index contributed by atoms with van der Waals surface area (Å²) in [5, 5.41) is 0. The molecule has 0 aromatic carbocycles. The van der Waals surface area contributed by atoms with Crippen LogP contribution in [0.2, 0.25) is 0 Å². The van der Waals surface area contributed by atoms with Gasteiger partial charge in [-0.2, -0.15) is 0 Å². The molecule has 126 valence electrons. The molecule has 2 heteroatoms. The summed E-state index contributed by atoms with van der Waals surface area (Å²) in [7, 11) is 1.38. The molecule has 0 atom stereocenters. The molecule has 0 fully saturated rings. The summed E-state index contributed by atoms with van der Waals surface area (Å²) in [6.07, 6.45) is 15.6. The average molecular weight is 314 g/mol. The fourth-order valence-corrected chi connectivity index (χ4v) is 2.93. The summed E-state index contributed by atoms with van der Waals surface area (Å²) >= 11 is 0. The van der Waals surface area contributed by atoms with Gasteiger partial charge in [-0.25, -0.2) is 4.79 Å². The quantitative estimate of drug-likeness (QED) is 0.370. The van der Waals surface area contributed by atoms with Crippen molar-refractivity contribution in [3.63, 3.8) is 0 Å². The van der Waals surface area contributed by atoms with E-state index in [1.165, 1.54) is 49.2 Å². The fourth-order valence-electron chi connectivity index (χ4n) is 2.93. The Balaban J connectivity index is 2.77. The third kappa shape index (κ3) is 6.43. The molecule has 1 aliphatic rings. The third-order valence-corrected chi connectivity index (χ3v) is 4.32. The minimum Gasteiger partial charge on any atom is -0.466 e. The van der Waals surface area contributed by atoms with Crippen molar-refractivity contribution in [1.29, 1.82) is 0 Å². The minimum absolute atomic E-state index is 0.273. The van der Waals surface area contributed by atoms with Crippen LogP contribution in [0.4, 0.5) is 0 Å². The molecule has 0 saturated heterocycles. The molecule has 0 radical (unpaired) electrons. The van der Waals surface area contributed by atoms with Crippen LogP contribution in [-0.2, 0) is 9.53 Å². The van der Waals surface area contributed by atoms with Gasteiger partial charge in [0.15, 0.2) is 0 Å². The Morgan fingerprint density at radius 2 is 1.87 bits per heavy atom. The van der Waals surface area contributed by atoms with Crippen molar-refractivity contribution in [3.8, 4) is 0 Å². The molecule has 0 bridgehead atoms. The molecule has 0 aromatic rings. The topological polar surface area (TPSA) is 26.3 Å². The van der Waals surface area contributed by atoms with Crippen LogP contribution in [-0.4, -0.2) is 13.1 Å². The molecule has 1 aliphatic carbocycles. The first-order chi connectivity index (χ1) is 10.8. The molecule has 0 spiro atoms. The van der Waals surface area contributed by atoms with Crippen LogP contribution >= 0.6 is 0 Å². The first-order valence-electron chi connectivity index (χ1n) is 8.26. The summed E-state index contributed by atoms with van der Waals surface area (Å²) in [5.41, 5.74) is 5.32. The van der Waals surface area contributed by atoms with Gasteiger partial charge in [0.1, 0.15) is 0 Å². The van der Waals surface area contributed by atoms with Crippen molar-refractivity contribution in [2.45, 2.75) is 53.9 Å². The van der Waals surface area contributed by atoms with Gasteiger partial charge in [-0.3, -0.25) is 0 Å². The molecule has 2 nitrogen and oxygen atoms in total. The number of esters is 1. The van der Waals surface area contributed by atoms with Gasteiger partial charge in [-0.1, -0.05) is 55.4 Å². The summed E-state index contributed by atoms with van der Waals surface area (Å²) in [4.78, 5) is 11.1. The smallest absolute Gasteiger partial charge is 0.330 e. The Labute approximate surface area is 141 Å². The molecule has 0 unspecified atom stereocenters. The highest BCUT2D eigenvalue weighted by molar-refractivity contribution is 5.83. The summed E-state index contributed by atoms with van der Waals surface area (Å²) in [6.45, 7) is 10.9. The summed E-state index contributed by atoms with van der Waals surface area (Å²) < 4.78 is 4.60. The van der Waals surface area contributed by atoms with Crippen LogP contribution in [0.25, 0.3) is 0 Å². The molecule has 0 heterocycles. The predicted octanol–water partition coefficient (Wildman–Crippen LogP) is 5.69. The highest BCUT2D eigenvalue weighted by Gasteiger charge is 2.26. The Hall–Kier alpha value is -1.83. The Morgan fingerprint density at radius 1 is 1.17 bits per heavy atom. The van der Waals surface area contributed by atoms with Crippen molar-refractivity contribution in [3.05, 3.63) is 58.7 Å². The first kappa shape index (κ1) is 19.2. The maximum Gasteiger partial charge on any atom is 0.330 e. The van der Waals surface area contributed by atoms with Gasteiger partial charge in [-0.05, 0) is 56.6 Å². The van der Waals surface area contributed by atoms with Crippen molar-refractivity contribution in [2.75, 3.05) is 7.11 Å². The van der Waals surface area contributed by atoms with Crippen molar-refractivity contribution in [2.24, 2.45) is 5.41 Å². The molecule has 0 saturated carbocycles. The molecule has 0 aliphatic heterocycles. The van der Waals surface area contributed by atoms with Gasteiger partial charge in [0.2, 0.25) is 0 Å². The summed E-state index contributed by atoms with van der Waals surface area (Å²) in [5.74, 6) is -0.324. The lowest BCUT2D eigenvalue weighted by atomic mass is 9.72. The second-order valence-electron chi connectivity index (χ2n) is 6.95. The van der Waals surface area contributed by atoms with E-state index in [1.54, 1.807) is 0 Å². The molecule has 0 amide bonds. The Morgan fingerprint density at radius 3 is 2.48 bits per heavy atom. The van der Waals surface area contributed by atoms with E-state index < -0.39 is 0 Å². The molecule has 1 rings (SSSR count). The van der Waals surface area contributed by atoms with Gasteiger partial charge in [-0.15, -0.1) is 0 Å². The molecular weight excluding hydrogens is 284 g/mol. The zero-order valence-electron chi connectivity index (χ0n) is 15.4. The van der Waals surface area contributed by atoms with E-state index in [2.05, 4.69) is 50.7 Å². The van der Waals surface area contributed by atoms with Crippen LogP contribution in [0, 0.1) is 5.41 Å². The van der Waals surface area contributed by atoms with Crippen LogP contribution < -0.4 is 0 Å². The number of hydrogen-bond acceptors (Lipinski definition) is 2. The number of rotatable bonds is 5. The number of carbonyl (C=O) groups is 1. The summed E-state index contributed by atoms with van der Waals surface area (Å²) in [6, 6.07) is 0. The van der Waals surface area contributed by atoms with Gasteiger partial charge >= 0.3 is 5.97 Å². The van der Waals surface area contributed by atoms with E-state index in [9.17, 15) is 4.79 Å². The largest absolute Gasteiger partial charge is 0.466 e. The van der Waals surface area contributed by atoms with Crippen molar-refractivity contribution in [1.82, 2.24) is 0 Å². The van der Waals surface area contributed by atoms with Gasteiger partial charge in [0.25, 0.3) is 0 Å². The zero-order chi connectivity index (χ0) is 17.5. The lowest BCUT2D eigenvalue weighted by molar-refractivity contribution is -0.134. The van der Waals surface area contributed by atoms with Gasteiger partial charge in [0, 0.05) is 6.08 Å². The number of methoxy groups -OCH3 is 1. The van der Waals surface area contributed by atoms with Crippen LogP contribution in [0.3, 0.4) is 0 Å². The number of hydrogen-bond donors (Lipinski definition) is 0. The van der Waals surface area contributed by atoms with E-state index in [1.807, 2.05) is 19.1 Å². The molecule has 23 heavy (non-hydrogen) atoms. The maximum absolute atomic E-state index is 11.1. The van der Waals surface area contributed by atoms with E-state index in [0.717, 1.165) is 5.57 Å². The third-order valence-electron chi connectivity index (χ3n) is 4.32. The lowest BCUT2D eigenvalue weighted by Crippen LogP contribution is -2.19. The van der Waals surface area contributed by atoms with E-state index in [-0.39, 0.29) is 11.4 Å². The number of carbonyl (C=O) groups excluding carboxylic acids is 1. The second kappa shape index (κ2) is 8.71. The Kier molecular flexibility index (Phi) is 7.28. The highest BCUT2D eigenvalue weighted by atomic mass is 16.5. The first-order valence-corrected chi connectivity index (χ1v) is 8.26. The second-order valence-corrected chi connectivity index (χ2v) is 6.95. The van der Waals surface area contributed by atoms with Crippen LogP contribution in [0.15, 0.2) is 58.7 Å².